The van der Waals surface area contributed by atoms with Crippen LogP contribution in [0.5, 0.6) is 0 Å². The zero-order chi connectivity index (χ0) is 28.6. The summed E-state index contributed by atoms with van der Waals surface area (Å²) in [7, 11) is -2.78. The minimum absolute atomic E-state index is 0.324. The van der Waals surface area contributed by atoms with E-state index in [0.717, 1.165) is 21.5 Å². The predicted octanol–water partition coefficient (Wildman–Crippen LogP) is 8.68. The van der Waals surface area contributed by atoms with Crippen LogP contribution in [0.4, 0.5) is 20.0 Å². The van der Waals surface area contributed by atoms with Crippen LogP contribution in [-0.2, 0) is 0 Å². The average molecular weight is 540 g/mol. The van der Waals surface area contributed by atoms with Gasteiger partial charge in [0.15, 0.2) is 0 Å². The molecule has 1 aromatic heterocycles. The molecule has 0 aliphatic carbocycles. The van der Waals surface area contributed by atoms with E-state index in [1.807, 2.05) is 38.1 Å². The molecule has 2 N–H and O–H groups in total. The number of rotatable bonds is 10. The molecule has 1 aliphatic rings. The first-order valence-corrected chi connectivity index (χ1v) is 13.1. The van der Waals surface area contributed by atoms with Crippen LogP contribution in [0, 0.1) is 4.91 Å². The van der Waals surface area contributed by atoms with Crippen molar-refractivity contribution in [3.63, 3.8) is 0 Å². The Hall–Kier alpha value is -4.53. The Morgan fingerprint density at radius 1 is 1.15 bits per heavy atom. The number of nitrogen functional groups attached to an aromatic ring is 1. The molecule has 0 bridgehead atoms. The summed E-state index contributed by atoms with van der Waals surface area (Å²) in [5, 5.41) is 2.91. The maximum Gasteiger partial charge on any atom is 0.673 e. The van der Waals surface area contributed by atoms with Gasteiger partial charge in [-0.2, -0.15) is 0 Å². The molecule has 6 nitrogen and oxygen atoms in total. The standard InChI is InChI=1S/C31H31BF2N4O2/c1-4-21(2)31(30(28-7-5-6-20-36-28)24-9-13-25(35)14-10-24)38(32(33)34)22(3)8-17-27-18-19-29(40-27)23-11-15-26(37-39)16-12-23/h5,7-20,22H,4,6,35H2,1-3H3/b17-8+,30-28-,31-21-. The first kappa shape index (κ1) is 28.5. The maximum absolute atomic E-state index is 14.9. The topological polar surface area (TPSA) is 84.2 Å². The smallest absolute Gasteiger partial charge is 0.457 e. The van der Waals surface area contributed by atoms with E-state index in [1.165, 1.54) is 0 Å². The molecule has 204 valence electrons. The van der Waals surface area contributed by atoms with Crippen LogP contribution in [0.15, 0.2) is 110 Å². The van der Waals surface area contributed by atoms with E-state index in [4.69, 9.17) is 10.2 Å². The van der Waals surface area contributed by atoms with Gasteiger partial charge in [0.2, 0.25) is 0 Å². The number of nitrogens with zero attached hydrogens (tertiary/aromatic N) is 3. The summed E-state index contributed by atoms with van der Waals surface area (Å²) in [5.74, 6) is 1.11. The van der Waals surface area contributed by atoms with Crippen LogP contribution in [0.2, 0.25) is 0 Å². The molecular formula is C31H31BF2N4O2. The molecule has 0 saturated carbocycles. The quantitative estimate of drug-likeness (QED) is 0.158. The van der Waals surface area contributed by atoms with E-state index in [9.17, 15) is 13.5 Å². The van der Waals surface area contributed by atoms with Crippen molar-refractivity contribution in [2.75, 3.05) is 5.73 Å². The summed E-state index contributed by atoms with van der Waals surface area (Å²) in [4.78, 5) is 16.4. The highest BCUT2D eigenvalue weighted by molar-refractivity contribution is 6.40. The van der Waals surface area contributed by atoms with Crippen LogP contribution in [-0.4, -0.2) is 24.5 Å². The van der Waals surface area contributed by atoms with Gasteiger partial charge in [-0.1, -0.05) is 36.8 Å². The van der Waals surface area contributed by atoms with Crippen molar-refractivity contribution in [3.8, 4) is 11.3 Å². The van der Waals surface area contributed by atoms with Gasteiger partial charge in [0, 0.05) is 41.2 Å². The van der Waals surface area contributed by atoms with E-state index in [2.05, 4.69) is 10.2 Å². The molecule has 0 fully saturated rings. The predicted molar refractivity (Wildman–Crippen MR) is 161 cm³/mol. The van der Waals surface area contributed by atoms with Crippen LogP contribution in [0.1, 0.15) is 44.9 Å². The number of allylic oxidation sites excluding steroid dienone is 4. The number of anilines is 1. The number of hydrogen-bond donors (Lipinski definition) is 1. The van der Waals surface area contributed by atoms with Crippen LogP contribution in [0.3, 0.4) is 0 Å². The normalized spacial score (nSPS) is 15.6. The molecule has 2 heterocycles. The van der Waals surface area contributed by atoms with E-state index < -0.39 is 13.4 Å². The molecule has 4 rings (SSSR count). The summed E-state index contributed by atoms with van der Waals surface area (Å²) in [6.07, 6.45) is 10.3. The molecule has 9 heteroatoms. The van der Waals surface area contributed by atoms with Crippen molar-refractivity contribution in [1.82, 2.24) is 4.81 Å². The fourth-order valence-corrected chi connectivity index (χ4v) is 4.46. The molecule has 0 radical (unpaired) electrons. The van der Waals surface area contributed by atoms with E-state index in [-0.39, 0.29) is 0 Å². The number of nitroso groups, excluding NO2 is 1. The van der Waals surface area contributed by atoms with Gasteiger partial charge in [-0.3, -0.25) is 13.6 Å². The second kappa shape index (κ2) is 13.0. The van der Waals surface area contributed by atoms with Gasteiger partial charge in [0.1, 0.15) is 17.2 Å². The van der Waals surface area contributed by atoms with Crippen molar-refractivity contribution in [2.24, 2.45) is 10.2 Å². The zero-order valence-electron chi connectivity index (χ0n) is 22.7. The fourth-order valence-electron chi connectivity index (χ4n) is 4.46. The van der Waals surface area contributed by atoms with Gasteiger partial charge in [-0.15, -0.1) is 4.91 Å². The molecular weight excluding hydrogens is 509 g/mol. The summed E-state index contributed by atoms with van der Waals surface area (Å²) < 4.78 is 35.8. The van der Waals surface area contributed by atoms with E-state index in [1.54, 1.807) is 73.8 Å². The van der Waals surface area contributed by atoms with Crippen molar-refractivity contribution in [3.05, 3.63) is 112 Å². The number of dihydropyridines is 1. The molecule has 1 unspecified atom stereocenters. The Morgan fingerprint density at radius 2 is 1.88 bits per heavy atom. The highest BCUT2D eigenvalue weighted by Gasteiger charge is 2.34. The summed E-state index contributed by atoms with van der Waals surface area (Å²) >= 11 is 0. The van der Waals surface area contributed by atoms with Gasteiger partial charge in [0.05, 0.1) is 5.70 Å². The lowest BCUT2D eigenvalue weighted by Crippen LogP contribution is -2.40. The SMILES string of the molecule is CC/C(C)=C(/C(=C1/C=CCC=N1)c1ccc(N)cc1)N(B(F)F)C(C)/C=C/c1ccc(-c2ccc(N=O)cc2)o1. The van der Waals surface area contributed by atoms with Gasteiger partial charge in [-0.05, 0) is 91.7 Å². The van der Waals surface area contributed by atoms with Gasteiger partial charge in [0.25, 0.3) is 0 Å². The fraction of sp³-hybridized carbons (Fsp3) is 0.194. The van der Waals surface area contributed by atoms with Crippen LogP contribution >= 0.6 is 0 Å². The minimum Gasteiger partial charge on any atom is -0.457 e. The third-order valence-electron chi connectivity index (χ3n) is 6.70. The van der Waals surface area contributed by atoms with Crippen LogP contribution in [0.25, 0.3) is 23.0 Å². The Kier molecular flexibility index (Phi) is 9.27. The number of halogens is 2. The first-order chi connectivity index (χ1) is 19.3. The number of aliphatic imine (C=N–C) groups is 1. The van der Waals surface area contributed by atoms with Gasteiger partial charge >= 0.3 is 7.40 Å². The second-order valence-electron chi connectivity index (χ2n) is 9.44. The van der Waals surface area contributed by atoms with Crippen molar-refractivity contribution in [2.45, 2.75) is 39.7 Å². The first-order valence-electron chi connectivity index (χ1n) is 13.1. The monoisotopic (exact) mass is 540 g/mol. The molecule has 2 aromatic carbocycles. The highest BCUT2D eigenvalue weighted by Crippen LogP contribution is 2.37. The summed E-state index contributed by atoms with van der Waals surface area (Å²) in [6, 6.07) is 16.8. The van der Waals surface area contributed by atoms with E-state index >= 15 is 0 Å². The Bertz CT molecular complexity index is 1470. The lowest BCUT2D eigenvalue weighted by Gasteiger charge is -2.33. The van der Waals surface area contributed by atoms with Gasteiger partial charge in [-0.25, -0.2) is 0 Å². The number of hydrogen-bond acceptors (Lipinski definition) is 6. The zero-order valence-corrected chi connectivity index (χ0v) is 22.7. The van der Waals surface area contributed by atoms with Gasteiger partial charge < -0.3 is 15.0 Å². The van der Waals surface area contributed by atoms with E-state index in [0.29, 0.717) is 52.7 Å². The largest absolute Gasteiger partial charge is 0.673 e. The molecule has 1 atom stereocenters. The Labute approximate surface area is 233 Å². The maximum atomic E-state index is 14.9. The summed E-state index contributed by atoms with van der Waals surface area (Å²) in [5.41, 5.74) is 10.9. The molecule has 0 saturated heterocycles. The van der Waals surface area contributed by atoms with Crippen LogP contribution < -0.4 is 5.73 Å². The lowest BCUT2D eigenvalue weighted by atomic mass is 9.90. The highest BCUT2D eigenvalue weighted by atomic mass is 19.2. The third-order valence-corrected chi connectivity index (χ3v) is 6.70. The average Bonchev–Trinajstić information content (AvgIpc) is 3.45. The Morgan fingerprint density at radius 3 is 2.48 bits per heavy atom. The van der Waals surface area contributed by atoms with Crippen molar-refractivity contribution >= 4 is 36.6 Å². The lowest BCUT2D eigenvalue weighted by molar-refractivity contribution is 0.399. The third kappa shape index (κ3) is 6.54. The molecule has 1 aliphatic heterocycles. The Balaban J connectivity index is 1.72. The summed E-state index contributed by atoms with van der Waals surface area (Å²) in [6.45, 7) is 5.55. The van der Waals surface area contributed by atoms with Crippen molar-refractivity contribution in [1.29, 1.82) is 0 Å². The number of nitrogens with two attached hydrogens (primary N) is 1. The number of furan rings is 1. The molecule has 40 heavy (non-hydrogen) atoms. The molecule has 3 aromatic rings. The molecule has 0 amide bonds. The number of benzene rings is 2. The molecule has 0 spiro atoms. The minimum atomic E-state index is -2.78. The second-order valence-corrected chi connectivity index (χ2v) is 9.44. The van der Waals surface area contributed by atoms with Crippen molar-refractivity contribution < 1.29 is 13.0 Å².